The first-order valence-corrected chi connectivity index (χ1v) is 9.39. The Morgan fingerprint density at radius 2 is 1.87 bits per heavy atom. The number of aliphatic carboxylic acids is 1. The zero-order chi connectivity index (χ0) is 21.5. The molecule has 9 nitrogen and oxygen atoms in total. The molecule has 156 valence electrons. The molecule has 0 unspecified atom stereocenters. The van der Waals surface area contributed by atoms with E-state index in [2.05, 4.69) is 25.8 Å². The van der Waals surface area contributed by atoms with Gasteiger partial charge in [-0.1, -0.05) is 23.7 Å². The Kier molecular flexibility index (Phi) is 6.87. The summed E-state index contributed by atoms with van der Waals surface area (Å²) < 4.78 is 5.16. The van der Waals surface area contributed by atoms with Crippen LogP contribution >= 0.6 is 11.6 Å². The fourth-order valence-electron chi connectivity index (χ4n) is 2.75. The number of aromatic nitrogens is 3. The van der Waals surface area contributed by atoms with Crippen molar-refractivity contribution in [3.05, 3.63) is 70.8 Å². The quantitative estimate of drug-likeness (QED) is 0.435. The van der Waals surface area contributed by atoms with Gasteiger partial charge >= 0.3 is 12.0 Å². The number of amides is 2. The fraction of sp³-hybridized carbons (Fsp3) is 0.200. The van der Waals surface area contributed by atoms with Crippen molar-refractivity contribution in [3.8, 4) is 5.75 Å². The number of carbonyl (C=O) groups excluding carboxylic acids is 1. The molecule has 1 atom stereocenters. The molecule has 0 saturated carbocycles. The Bertz CT molecular complexity index is 1000. The zero-order valence-corrected chi connectivity index (χ0v) is 16.8. The van der Waals surface area contributed by atoms with Crippen molar-refractivity contribution in [2.24, 2.45) is 0 Å². The third-order valence-electron chi connectivity index (χ3n) is 4.19. The molecule has 0 spiro atoms. The summed E-state index contributed by atoms with van der Waals surface area (Å²) >= 11 is 5.86. The van der Waals surface area contributed by atoms with Gasteiger partial charge in [-0.3, -0.25) is 9.89 Å². The number of carbonyl (C=O) groups is 2. The lowest BCUT2D eigenvalue weighted by Crippen LogP contribution is -2.34. The lowest BCUT2D eigenvalue weighted by Gasteiger charge is -2.17. The number of hydrogen-bond donors (Lipinski definition) is 4. The van der Waals surface area contributed by atoms with Crippen molar-refractivity contribution >= 4 is 29.3 Å². The zero-order valence-electron chi connectivity index (χ0n) is 16.1. The first-order chi connectivity index (χ1) is 14.4. The lowest BCUT2D eigenvalue weighted by molar-refractivity contribution is -0.136. The molecule has 10 heteroatoms. The van der Waals surface area contributed by atoms with E-state index >= 15 is 0 Å². The number of urea groups is 1. The van der Waals surface area contributed by atoms with Crippen molar-refractivity contribution in [1.29, 1.82) is 0 Å². The highest BCUT2D eigenvalue weighted by atomic mass is 35.5. The van der Waals surface area contributed by atoms with E-state index < -0.39 is 18.0 Å². The second-order valence-corrected chi connectivity index (χ2v) is 6.86. The minimum atomic E-state index is -1.03. The summed E-state index contributed by atoms with van der Waals surface area (Å²) in [4.78, 5) is 27.7. The number of rotatable bonds is 8. The summed E-state index contributed by atoms with van der Waals surface area (Å²) in [6.07, 6.45) is 0.0988. The highest BCUT2D eigenvalue weighted by molar-refractivity contribution is 6.30. The van der Waals surface area contributed by atoms with Crippen molar-refractivity contribution in [3.63, 3.8) is 0 Å². The van der Waals surface area contributed by atoms with Crippen LogP contribution in [0, 0.1) is 0 Å². The van der Waals surface area contributed by atoms with Gasteiger partial charge in [0, 0.05) is 17.1 Å². The van der Waals surface area contributed by atoms with Gasteiger partial charge in [-0.15, -0.1) is 0 Å². The van der Waals surface area contributed by atoms with Crippen molar-refractivity contribution in [1.82, 2.24) is 20.5 Å². The van der Waals surface area contributed by atoms with E-state index in [1.807, 2.05) is 24.3 Å². The van der Waals surface area contributed by atoms with Crippen LogP contribution in [0.1, 0.15) is 23.3 Å². The van der Waals surface area contributed by atoms with Gasteiger partial charge in [-0.25, -0.2) is 9.78 Å². The Labute approximate surface area is 177 Å². The molecule has 0 aliphatic rings. The molecule has 2 aromatic carbocycles. The van der Waals surface area contributed by atoms with Crippen LogP contribution in [0.15, 0.2) is 48.5 Å². The highest BCUT2D eigenvalue weighted by Gasteiger charge is 2.21. The smallest absolute Gasteiger partial charge is 0.319 e. The van der Waals surface area contributed by atoms with Gasteiger partial charge < -0.3 is 20.5 Å². The molecule has 1 heterocycles. The van der Waals surface area contributed by atoms with E-state index in [9.17, 15) is 9.59 Å². The van der Waals surface area contributed by atoms with Gasteiger partial charge in [-0.2, -0.15) is 5.10 Å². The van der Waals surface area contributed by atoms with Crippen LogP contribution in [0.2, 0.25) is 5.02 Å². The van der Waals surface area contributed by atoms with Crippen molar-refractivity contribution in [2.45, 2.75) is 18.9 Å². The number of H-pyrrole nitrogens is 1. The SMILES string of the molecule is COc1ccc(C[C@H](NC(=O)Nc2ccc(Cl)cc2)c2n[nH]c(CC(=O)O)n2)cc1. The fourth-order valence-corrected chi connectivity index (χ4v) is 2.88. The maximum atomic E-state index is 12.5. The van der Waals surface area contributed by atoms with Crippen LogP contribution in [0.3, 0.4) is 0 Å². The number of hydrogen-bond acceptors (Lipinski definition) is 5. The van der Waals surface area contributed by atoms with E-state index in [1.54, 1.807) is 31.4 Å². The number of methoxy groups -OCH3 is 1. The van der Waals surface area contributed by atoms with E-state index in [0.717, 1.165) is 5.56 Å². The monoisotopic (exact) mass is 429 g/mol. The van der Waals surface area contributed by atoms with Gasteiger partial charge in [0.25, 0.3) is 0 Å². The Morgan fingerprint density at radius 3 is 2.50 bits per heavy atom. The minimum absolute atomic E-state index is 0.206. The minimum Gasteiger partial charge on any atom is -0.497 e. The Balaban J connectivity index is 1.76. The average molecular weight is 430 g/mol. The van der Waals surface area contributed by atoms with Crippen molar-refractivity contribution < 1.29 is 19.4 Å². The number of anilines is 1. The molecule has 0 aliphatic carbocycles. The molecule has 0 bridgehead atoms. The predicted octanol–water partition coefficient (Wildman–Crippen LogP) is 3.20. The van der Waals surface area contributed by atoms with Gasteiger partial charge in [0.1, 0.15) is 18.0 Å². The first kappa shape index (κ1) is 21.1. The Morgan fingerprint density at radius 1 is 1.17 bits per heavy atom. The van der Waals surface area contributed by atoms with Crippen LogP contribution in [-0.4, -0.2) is 39.4 Å². The number of carboxylic acid groups (broad SMARTS) is 1. The molecule has 3 aromatic rings. The van der Waals surface area contributed by atoms with E-state index in [4.69, 9.17) is 21.4 Å². The molecule has 0 aliphatic heterocycles. The average Bonchev–Trinajstić information content (AvgIpc) is 3.17. The molecular weight excluding hydrogens is 410 g/mol. The van der Waals surface area contributed by atoms with Crippen LogP contribution < -0.4 is 15.4 Å². The third-order valence-corrected chi connectivity index (χ3v) is 4.44. The summed E-state index contributed by atoms with van der Waals surface area (Å²) in [5.41, 5.74) is 1.49. The standard InChI is InChI=1S/C20H20ClN5O4/c1-30-15-8-2-12(3-9-15)10-16(19-24-17(25-26-19)11-18(27)28)23-20(29)22-14-6-4-13(21)5-7-14/h2-9,16H,10-11H2,1H3,(H,27,28)(H2,22,23,29)(H,24,25,26)/t16-/m0/s1. The number of halogens is 1. The van der Waals surface area contributed by atoms with E-state index in [-0.39, 0.29) is 18.1 Å². The molecule has 30 heavy (non-hydrogen) atoms. The largest absolute Gasteiger partial charge is 0.497 e. The first-order valence-electron chi connectivity index (χ1n) is 9.02. The highest BCUT2D eigenvalue weighted by Crippen LogP contribution is 2.19. The summed E-state index contributed by atoms with van der Waals surface area (Å²) in [7, 11) is 1.58. The van der Waals surface area contributed by atoms with Gasteiger partial charge in [0.15, 0.2) is 5.82 Å². The number of ether oxygens (including phenoxy) is 1. The summed E-state index contributed by atoms with van der Waals surface area (Å²) in [5.74, 6) is 0.175. The maximum Gasteiger partial charge on any atom is 0.319 e. The molecule has 3 rings (SSSR count). The van der Waals surface area contributed by atoms with Crippen LogP contribution in [0.25, 0.3) is 0 Å². The summed E-state index contributed by atoms with van der Waals surface area (Å²) in [6.45, 7) is 0. The second kappa shape index (κ2) is 9.75. The van der Waals surface area contributed by atoms with Crippen LogP contribution in [0.5, 0.6) is 5.75 Å². The number of benzene rings is 2. The van der Waals surface area contributed by atoms with Gasteiger partial charge in [0.2, 0.25) is 0 Å². The summed E-state index contributed by atoms with van der Waals surface area (Å²) in [5, 5.41) is 21.7. The normalized spacial score (nSPS) is 11.5. The second-order valence-electron chi connectivity index (χ2n) is 6.42. The number of nitrogens with zero attached hydrogens (tertiary/aromatic N) is 2. The molecular formula is C20H20ClN5O4. The predicted molar refractivity (Wildman–Crippen MR) is 111 cm³/mol. The molecule has 4 N–H and O–H groups in total. The molecule has 2 amide bonds. The van der Waals surface area contributed by atoms with E-state index in [0.29, 0.717) is 22.9 Å². The Hall–Kier alpha value is -3.59. The maximum absolute atomic E-state index is 12.5. The number of carboxylic acids is 1. The van der Waals surface area contributed by atoms with Crippen LogP contribution in [-0.2, 0) is 17.6 Å². The molecule has 1 aromatic heterocycles. The lowest BCUT2D eigenvalue weighted by atomic mass is 10.1. The summed E-state index contributed by atoms with van der Waals surface area (Å²) in [6, 6.07) is 13.0. The van der Waals surface area contributed by atoms with Gasteiger partial charge in [-0.05, 0) is 42.0 Å². The van der Waals surface area contributed by atoms with Crippen molar-refractivity contribution in [2.75, 3.05) is 12.4 Å². The van der Waals surface area contributed by atoms with Gasteiger partial charge in [0.05, 0.1) is 13.2 Å². The molecule has 0 fully saturated rings. The molecule has 0 radical (unpaired) electrons. The van der Waals surface area contributed by atoms with E-state index in [1.165, 1.54) is 0 Å². The van der Waals surface area contributed by atoms with Crippen LogP contribution in [0.4, 0.5) is 10.5 Å². The number of nitrogens with one attached hydrogen (secondary N) is 3. The molecule has 0 saturated heterocycles. The topological polar surface area (TPSA) is 129 Å². The number of aromatic amines is 1. The third kappa shape index (κ3) is 5.95.